The van der Waals surface area contributed by atoms with Gasteiger partial charge in [0.15, 0.2) is 0 Å². The molecular formula is C31H28N2. The number of fused-ring (bicyclic) bond motifs is 3. The molecule has 0 unspecified atom stereocenters. The second kappa shape index (κ2) is 9.22. The number of nitrogens with zero attached hydrogens (tertiary/aromatic N) is 1. The molecule has 0 aliphatic heterocycles. The molecule has 3 aromatic carbocycles. The van der Waals surface area contributed by atoms with Crippen LogP contribution in [0.15, 0.2) is 133 Å². The van der Waals surface area contributed by atoms with Crippen molar-refractivity contribution in [2.75, 3.05) is 5.32 Å². The summed E-state index contributed by atoms with van der Waals surface area (Å²) < 4.78 is 2.35. The van der Waals surface area contributed by atoms with Crippen molar-refractivity contribution in [1.29, 1.82) is 0 Å². The van der Waals surface area contributed by atoms with Gasteiger partial charge in [0, 0.05) is 33.4 Å². The van der Waals surface area contributed by atoms with Crippen LogP contribution in [0.25, 0.3) is 27.5 Å². The highest BCUT2D eigenvalue weighted by Gasteiger charge is 2.13. The highest BCUT2D eigenvalue weighted by atomic mass is 15.0. The van der Waals surface area contributed by atoms with Crippen molar-refractivity contribution in [3.8, 4) is 5.69 Å². The Kier molecular flexibility index (Phi) is 5.82. The molecule has 0 amide bonds. The Morgan fingerprint density at radius 2 is 1.64 bits per heavy atom. The van der Waals surface area contributed by atoms with Gasteiger partial charge in [0.2, 0.25) is 0 Å². The Labute approximate surface area is 195 Å². The van der Waals surface area contributed by atoms with E-state index in [2.05, 4.69) is 107 Å². The summed E-state index contributed by atoms with van der Waals surface area (Å²) in [7, 11) is 0. The summed E-state index contributed by atoms with van der Waals surface area (Å²) in [6, 6.07) is 25.9. The highest BCUT2D eigenvalue weighted by molar-refractivity contribution is 6.09. The van der Waals surface area contributed by atoms with Crippen molar-refractivity contribution >= 4 is 27.5 Å². The van der Waals surface area contributed by atoms with Crippen LogP contribution in [0.1, 0.15) is 19.8 Å². The number of anilines is 1. The molecule has 5 rings (SSSR count). The molecule has 0 atom stereocenters. The zero-order valence-electron chi connectivity index (χ0n) is 19.0. The van der Waals surface area contributed by atoms with Gasteiger partial charge in [-0.2, -0.15) is 0 Å². The van der Waals surface area contributed by atoms with Gasteiger partial charge in [-0.15, -0.1) is 0 Å². The molecular weight excluding hydrogens is 400 g/mol. The number of benzene rings is 3. The smallest absolute Gasteiger partial charge is 0.0541 e. The number of allylic oxidation sites excluding steroid dienone is 9. The molecule has 0 bridgehead atoms. The van der Waals surface area contributed by atoms with Gasteiger partial charge in [-0.1, -0.05) is 85.5 Å². The van der Waals surface area contributed by atoms with Crippen LogP contribution in [-0.2, 0) is 0 Å². The van der Waals surface area contributed by atoms with Gasteiger partial charge in [0.05, 0.1) is 11.0 Å². The molecule has 0 saturated carbocycles. The normalized spacial score (nSPS) is 14.2. The maximum Gasteiger partial charge on any atom is 0.0541 e. The van der Waals surface area contributed by atoms with E-state index in [0.717, 1.165) is 29.8 Å². The lowest BCUT2D eigenvalue weighted by atomic mass is 9.96. The third-order valence-corrected chi connectivity index (χ3v) is 6.10. The van der Waals surface area contributed by atoms with Crippen LogP contribution >= 0.6 is 0 Å². The zero-order valence-corrected chi connectivity index (χ0v) is 19.0. The van der Waals surface area contributed by atoms with Crippen molar-refractivity contribution < 1.29 is 0 Å². The first-order valence-corrected chi connectivity index (χ1v) is 11.5. The van der Waals surface area contributed by atoms with E-state index in [1.165, 1.54) is 33.1 Å². The van der Waals surface area contributed by atoms with Crippen LogP contribution < -0.4 is 5.32 Å². The van der Waals surface area contributed by atoms with Gasteiger partial charge in [0.25, 0.3) is 0 Å². The predicted octanol–water partition coefficient (Wildman–Crippen LogP) is 8.49. The third-order valence-electron chi connectivity index (χ3n) is 6.10. The number of rotatable bonds is 6. The van der Waals surface area contributed by atoms with Crippen molar-refractivity contribution in [3.05, 3.63) is 133 Å². The van der Waals surface area contributed by atoms with Gasteiger partial charge in [0.1, 0.15) is 0 Å². The monoisotopic (exact) mass is 428 g/mol. The van der Waals surface area contributed by atoms with Gasteiger partial charge < -0.3 is 9.88 Å². The Morgan fingerprint density at radius 3 is 2.36 bits per heavy atom. The molecule has 0 fully saturated rings. The summed E-state index contributed by atoms with van der Waals surface area (Å²) in [5.41, 5.74) is 8.08. The number of hydrogen-bond acceptors (Lipinski definition) is 1. The second-order valence-corrected chi connectivity index (χ2v) is 8.29. The molecule has 2 heteroatoms. The van der Waals surface area contributed by atoms with Crippen LogP contribution in [0.3, 0.4) is 0 Å². The quantitative estimate of drug-likeness (QED) is 0.305. The molecule has 162 valence electrons. The van der Waals surface area contributed by atoms with E-state index in [9.17, 15) is 0 Å². The Morgan fingerprint density at radius 1 is 0.909 bits per heavy atom. The van der Waals surface area contributed by atoms with Crippen LogP contribution in [0.4, 0.5) is 5.69 Å². The number of nitrogens with one attached hydrogen (secondary N) is 1. The molecule has 0 spiro atoms. The van der Waals surface area contributed by atoms with Crippen LogP contribution in [0.5, 0.6) is 0 Å². The fourth-order valence-electron chi connectivity index (χ4n) is 4.57. The maximum absolute atomic E-state index is 4.29. The molecule has 1 N–H and O–H groups in total. The first kappa shape index (κ1) is 20.8. The molecule has 1 aliphatic carbocycles. The molecule has 33 heavy (non-hydrogen) atoms. The molecule has 1 aliphatic rings. The first-order chi connectivity index (χ1) is 16.3. The Hall–Kier alpha value is -4.04. The summed E-state index contributed by atoms with van der Waals surface area (Å²) in [5, 5.41) is 6.26. The van der Waals surface area contributed by atoms with E-state index in [-0.39, 0.29) is 0 Å². The maximum atomic E-state index is 4.29. The summed E-state index contributed by atoms with van der Waals surface area (Å²) in [6.07, 6.45) is 14.6. The first-order valence-electron chi connectivity index (χ1n) is 11.5. The summed E-state index contributed by atoms with van der Waals surface area (Å²) in [4.78, 5) is 0. The van der Waals surface area contributed by atoms with E-state index < -0.39 is 0 Å². The molecule has 0 saturated heterocycles. The van der Waals surface area contributed by atoms with Gasteiger partial charge in [-0.25, -0.2) is 0 Å². The lowest BCUT2D eigenvalue weighted by Gasteiger charge is -2.19. The highest BCUT2D eigenvalue weighted by Crippen LogP contribution is 2.33. The van der Waals surface area contributed by atoms with E-state index in [1.54, 1.807) is 0 Å². The van der Waals surface area contributed by atoms with Crippen LogP contribution in [0, 0.1) is 0 Å². The summed E-state index contributed by atoms with van der Waals surface area (Å²) >= 11 is 0. The minimum Gasteiger partial charge on any atom is -0.358 e. The molecule has 2 nitrogen and oxygen atoms in total. The molecule has 0 radical (unpaired) electrons. The van der Waals surface area contributed by atoms with Crippen LogP contribution in [0.2, 0.25) is 0 Å². The minimum atomic E-state index is 0.974. The topological polar surface area (TPSA) is 17.0 Å². The average molecular weight is 429 g/mol. The van der Waals surface area contributed by atoms with Gasteiger partial charge in [-0.3, -0.25) is 0 Å². The summed E-state index contributed by atoms with van der Waals surface area (Å²) in [5.74, 6) is 0. The number of para-hydroxylation sites is 2. The van der Waals surface area contributed by atoms with E-state index >= 15 is 0 Å². The van der Waals surface area contributed by atoms with E-state index in [4.69, 9.17) is 0 Å². The number of aromatic nitrogens is 1. The SMILES string of the molecule is C=C(/C=C\C=C/C)C1=C(Nc2cccc(-n3c4ccccc4c4ccccc43)c2)CCC=C1. The lowest BCUT2D eigenvalue weighted by molar-refractivity contribution is 0.950. The summed E-state index contributed by atoms with van der Waals surface area (Å²) in [6.45, 7) is 6.31. The largest absolute Gasteiger partial charge is 0.358 e. The van der Waals surface area contributed by atoms with E-state index in [0.29, 0.717) is 0 Å². The Bertz CT molecular complexity index is 1400. The van der Waals surface area contributed by atoms with Crippen molar-refractivity contribution in [2.24, 2.45) is 0 Å². The fraction of sp³-hybridized carbons (Fsp3) is 0.0968. The average Bonchev–Trinajstić information content (AvgIpc) is 3.19. The second-order valence-electron chi connectivity index (χ2n) is 8.29. The standard InChI is InChI=1S/C31H28N2/c1-3-4-5-13-23(2)26-16-6-9-19-29(26)32-24-14-12-15-25(22-24)33-30-20-10-7-17-27(30)28-18-8-11-21-31(28)33/h3-8,10-18,20-22,32H,2,9,19H2,1H3/b4-3-,13-5-. The van der Waals surface area contributed by atoms with Crippen molar-refractivity contribution in [3.63, 3.8) is 0 Å². The van der Waals surface area contributed by atoms with Crippen molar-refractivity contribution in [1.82, 2.24) is 4.57 Å². The zero-order chi connectivity index (χ0) is 22.6. The molecule has 4 aromatic rings. The number of hydrogen-bond donors (Lipinski definition) is 1. The molecule has 1 heterocycles. The van der Waals surface area contributed by atoms with E-state index in [1.807, 2.05) is 25.2 Å². The fourth-order valence-corrected chi connectivity index (χ4v) is 4.57. The lowest BCUT2D eigenvalue weighted by Crippen LogP contribution is -2.07. The van der Waals surface area contributed by atoms with Gasteiger partial charge >= 0.3 is 0 Å². The molecule has 1 aromatic heterocycles. The van der Waals surface area contributed by atoms with Gasteiger partial charge in [-0.05, 0) is 55.7 Å². The van der Waals surface area contributed by atoms with Crippen LogP contribution in [-0.4, -0.2) is 4.57 Å². The Balaban J connectivity index is 1.55. The predicted molar refractivity (Wildman–Crippen MR) is 143 cm³/mol. The third kappa shape index (κ3) is 4.08. The minimum absolute atomic E-state index is 0.974. The van der Waals surface area contributed by atoms with Crippen molar-refractivity contribution in [2.45, 2.75) is 19.8 Å².